The Labute approximate surface area is 239 Å². The van der Waals surface area contributed by atoms with Crippen molar-refractivity contribution in [3.8, 4) is 11.5 Å². The fourth-order valence-electron chi connectivity index (χ4n) is 7.44. The predicted molar refractivity (Wildman–Crippen MR) is 165 cm³/mol. The average Bonchev–Trinajstić information content (AvgIpc) is 3.07. The second-order valence-corrected chi connectivity index (χ2v) is 12.1. The minimum absolute atomic E-state index is 0.0105. The number of anilines is 2. The molecule has 214 valence electrons. The smallest absolute Gasteiger partial charge is 0.190 e. The topological polar surface area (TPSA) is 145 Å². The number of methoxy groups -OCH3 is 1. The lowest BCUT2D eigenvalue weighted by Crippen LogP contribution is -2.42. The minimum Gasteiger partial charge on any atom is -0.504 e. The summed E-state index contributed by atoms with van der Waals surface area (Å²) in [5.74, 6) is -1.40. The van der Waals surface area contributed by atoms with Gasteiger partial charge in [-0.25, -0.2) is 0 Å². The fourth-order valence-corrected chi connectivity index (χ4v) is 7.44. The van der Waals surface area contributed by atoms with Crippen LogP contribution in [0.4, 0.5) is 11.4 Å². The highest BCUT2D eigenvalue weighted by Crippen LogP contribution is 2.57. The molecule has 42 heavy (non-hydrogen) atoms. The molecule has 7 rings (SSSR count). The predicted octanol–water partition coefficient (Wildman–Crippen LogP) is 4.30. The van der Waals surface area contributed by atoms with Crippen LogP contribution in [0.1, 0.15) is 55.9 Å². The van der Waals surface area contributed by atoms with Crippen molar-refractivity contribution in [3.05, 3.63) is 60.4 Å². The molecule has 1 aliphatic heterocycles. The van der Waals surface area contributed by atoms with E-state index < -0.39 is 35.8 Å². The highest BCUT2D eigenvalue weighted by Gasteiger charge is 2.38. The van der Waals surface area contributed by atoms with Crippen LogP contribution in [-0.2, 0) is 18.0 Å². The van der Waals surface area contributed by atoms with Gasteiger partial charge in [-0.15, -0.1) is 0 Å². The number of ketones is 1. The van der Waals surface area contributed by atoms with Crippen molar-refractivity contribution < 1.29 is 24.9 Å². The van der Waals surface area contributed by atoms with Crippen molar-refractivity contribution in [1.82, 2.24) is 0 Å². The molecular formula is C33H30N2O7. The van der Waals surface area contributed by atoms with Crippen molar-refractivity contribution in [1.29, 1.82) is 0 Å². The van der Waals surface area contributed by atoms with Crippen LogP contribution in [0.2, 0.25) is 0 Å². The zero-order valence-corrected chi connectivity index (χ0v) is 23.9. The van der Waals surface area contributed by atoms with Gasteiger partial charge in [-0.1, -0.05) is 11.6 Å². The van der Waals surface area contributed by atoms with E-state index in [-0.39, 0.29) is 22.3 Å². The van der Waals surface area contributed by atoms with Crippen LogP contribution in [0.25, 0.3) is 49.2 Å². The van der Waals surface area contributed by atoms with Crippen LogP contribution in [0.5, 0.6) is 11.5 Å². The Hall–Kier alpha value is -4.47. The van der Waals surface area contributed by atoms with Gasteiger partial charge in [-0.2, -0.15) is 0 Å². The van der Waals surface area contributed by atoms with Crippen molar-refractivity contribution >= 4 is 66.3 Å². The SMILES string of the molecule is COc1c(O)c2c(=O)cc(CO)c3c4c(CO)cc(=O)c5c6c(c7c(c(c1C(C(C)=O)C(C)=C7)c23)c54)NC(C)(C)CN6. The number of nitrogens with one attached hydrogen (secondary N) is 2. The van der Waals surface area contributed by atoms with Gasteiger partial charge in [0.1, 0.15) is 5.78 Å². The average molecular weight is 567 g/mol. The van der Waals surface area contributed by atoms with Crippen molar-refractivity contribution in [2.45, 2.75) is 52.4 Å². The molecule has 9 heteroatoms. The van der Waals surface area contributed by atoms with Gasteiger partial charge in [0.15, 0.2) is 22.4 Å². The van der Waals surface area contributed by atoms with Gasteiger partial charge >= 0.3 is 0 Å². The van der Waals surface area contributed by atoms with Crippen molar-refractivity contribution in [3.63, 3.8) is 0 Å². The second kappa shape index (κ2) is 8.53. The molecule has 0 saturated carbocycles. The van der Waals surface area contributed by atoms with E-state index in [1.54, 1.807) is 0 Å². The van der Waals surface area contributed by atoms with E-state index in [1.165, 1.54) is 26.2 Å². The monoisotopic (exact) mass is 566 g/mol. The third-order valence-corrected chi connectivity index (χ3v) is 8.99. The van der Waals surface area contributed by atoms with E-state index in [0.717, 1.165) is 5.56 Å². The first-order valence-corrected chi connectivity index (χ1v) is 13.8. The standard InChI is InChI=1S/C33H30N2O7/c1-12-6-16-22-25-20(14(9-36)7-17(39)23(25)30-29(16)35-33(3,4)11-34-30)21-15(10-37)8-18(40)24-26(21)27(22)28(19(12)13(2)38)32(42-5)31(24)41/h6-8,19,34-37,41H,9-11H2,1-5H3. The summed E-state index contributed by atoms with van der Waals surface area (Å²) >= 11 is 0. The number of hydrogen-bond acceptors (Lipinski definition) is 9. The lowest BCUT2D eigenvalue weighted by molar-refractivity contribution is -0.117. The molecule has 0 aromatic heterocycles. The van der Waals surface area contributed by atoms with Crippen molar-refractivity contribution in [2.75, 3.05) is 24.3 Å². The summed E-state index contributed by atoms with van der Waals surface area (Å²) in [6.45, 7) is 6.96. The lowest BCUT2D eigenvalue weighted by Gasteiger charge is -2.37. The fraction of sp³-hybridized carbons (Fsp3) is 0.303. The van der Waals surface area contributed by atoms with Crippen LogP contribution in [0.3, 0.4) is 0 Å². The zero-order chi connectivity index (χ0) is 30.0. The summed E-state index contributed by atoms with van der Waals surface area (Å²) in [4.78, 5) is 40.9. The number of benzene rings is 5. The number of aliphatic hydroxyl groups excluding tert-OH is 2. The van der Waals surface area contributed by atoms with Gasteiger partial charge in [0, 0.05) is 39.4 Å². The maximum atomic E-state index is 13.9. The number of hydrogen-bond donors (Lipinski definition) is 5. The summed E-state index contributed by atoms with van der Waals surface area (Å²) in [7, 11) is 1.38. The molecule has 0 spiro atoms. The van der Waals surface area contributed by atoms with E-state index in [0.29, 0.717) is 77.9 Å². The second-order valence-electron chi connectivity index (χ2n) is 12.1. The Bertz CT molecular complexity index is 2200. The van der Waals surface area contributed by atoms with E-state index in [4.69, 9.17) is 4.74 Å². The van der Waals surface area contributed by atoms with E-state index >= 15 is 0 Å². The number of aliphatic hydroxyl groups is 2. The molecular weight excluding hydrogens is 536 g/mol. The van der Waals surface area contributed by atoms with Gasteiger partial charge in [-0.05, 0) is 67.1 Å². The molecule has 1 unspecified atom stereocenters. The van der Waals surface area contributed by atoms with Gasteiger partial charge in [0.25, 0.3) is 0 Å². The summed E-state index contributed by atoms with van der Waals surface area (Å²) < 4.78 is 5.76. The molecule has 2 aliphatic rings. The quantitative estimate of drug-likeness (QED) is 0.159. The number of carbonyl (C=O) groups excluding carboxylic acids is 1. The van der Waals surface area contributed by atoms with Crippen LogP contribution < -0.4 is 26.2 Å². The Balaban J connectivity index is 1.99. The van der Waals surface area contributed by atoms with Crippen molar-refractivity contribution in [2.24, 2.45) is 0 Å². The van der Waals surface area contributed by atoms with Crippen LogP contribution in [0.15, 0.2) is 27.3 Å². The van der Waals surface area contributed by atoms with Gasteiger partial charge in [0.2, 0.25) is 0 Å². The Morgan fingerprint density at radius 1 is 0.929 bits per heavy atom. The van der Waals surface area contributed by atoms with Gasteiger partial charge < -0.3 is 30.7 Å². The number of ether oxygens (including phenoxy) is 1. The number of phenolic OH excluding ortho intramolecular Hbond substituents is 1. The third kappa shape index (κ3) is 3.12. The Morgan fingerprint density at radius 2 is 1.52 bits per heavy atom. The molecule has 5 N–H and O–H groups in total. The largest absolute Gasteiger partial charge is 0.504 e. The van der Waals surface area contributed by atoms with Gasteiger partial charge in [-0.3, -0.25) is 14.4 Å². The number of fused-ring (bicyclic) bond motifs is 4. The Morgan fingerprint density at radius 3 is 2.10 bits per heavy atom. The summed E-state index contributed by atoms with van der Waals surface area (Å²) in [6, 6.07) is 2.67. The number of rotatable bonds is 4. The van der Waals surface area contributed by atoms with Crippen LogP contribution in [0, 0.1) is 0 Å². The van der Waals surface area contributed by atoms with E-state index in [2.05, 4.69) is 10.6 Å². The summed E-state index contributed by atoms with van der Waals surface area (Å²) in [6.07, 6.45) is 1.93. The molecule has 1 atom stereocenters. The number of allylic oxidation sites excluding steroid dienone is 1. The number of aromatic hydroxyl groups is 1. The third-order valence-electron chi connectivity index (χ3n) is 8.99. The normalized spacial score (nSPS) is 17.4. The lowest BCUT2D eigenvalue weighted by atomic mass is 9.79. The molecule has 9 nitrogen and oxygen atoms in total. The highest BCUT2D eigenvalue weighted by atomic mass is 16.5. The molecule has 0 fully saturated rings. The van der Waals surface area contributed by atoms with Crippen LogP contribution in [-0.4, -0.2) is 40.3 Å². The first-order valence-electron chi connectivity index (χ1n) is 13.8. The minimum atomic E-state index is -0.831. The maximum Gasteiger partial charge on any atom is 0.190 e. The first-order chi connectivity index (χ1) is 19.9. The summed E-state index contributed by atoms with van der Waals surface area (Å²) in [5.41, 5.74) is 2.54. The molecule has 0 bridgehead atoms. The highest BCUT2D eigenvalue weighted by molar-refractivity contribution is 6.40. The summed E-state index contributed by atoms with van der Waals surface area (Å²) in [5, 5.41) is 43.2. The van der Waals surface area contributed by atoms with Crippen LogP contribution >= 0.6 is 0 Å². The maximum absolute atomic E-state index is 13.9. The zero-order valence-electron chi connectivity index (χ0n) is 23.9. The molecule has 5 aromatic carbocycles. The molecule has 1 heterocycles. The number of Topliss-reactive ketones (excluding diaryl/α,β-unsaturated/α-hetero) is 1. The molecule has 5 aromatic rings. The molecule has 0 amide bonds. The molecule has 0 radical (unpaired) electrons. The number of phenols is 1. The molecule has 1 aliphatic carbocycles. The Kier molecular flexibility index (Phi) is 5.37. The van der Waals surface area contributed by atoms with E-state index in [1.807, 2.05) is 26.8 Å². The first kappa shape index (κ1) is 26.4. The van der Waals surface area contributed by atoms with Gasteiger partial charge in [0.05, 0.1) is 48.4 Å². The number of carbonyl (C=O) groups is 1. The van der Waals surface area contributed by atoms with E-state index in [9.17, 15) is 29.7 Å². The molecule has 0 saturated heterocycles.